The predicted molar refractivity (Wildman–Crippen MR) is 102 cm³/mol. The number of rotatable bonds is 4. The summed E-state index contributed by atoms with van der Waals surface area (Å²) in [7, 11) is 1.97. The van der Waals surface area contributed by atoms with E-state index in [1.807, 2.05) is 18.9 Å². The van der Waals surface area contributed by atoms with Crippen molar-refractivity contribution in [3.05, 3.63) is 29.3 Å². The first-order valence-electron chi connectivity index (χ1n) is 9.81. The molecule has 0 spiro atoms. The quantitative estimate of drug-likeness (QED) is 0.822. The van der Waals surface area contributed by atoms with Crippen LogP contribution in [-0.2, 0) is 12.7 Å². The van der Waals surface area contributed by atoms with Gasteiger partial charge in [-0.25, -0.2) is 4.79 Å². The lowest BCUT2D eigenvalue weighted by molar-refractivity contribution is -0.137. The molecule has 1 N–H and O–H groups in total. The number of hydrogen-bond acceptors (Lipinski definition) is 3. The molecule has 8 heteroatoms. The molecule has 1 aromatic carbocycles. The van der Waals surface area contributed by atoms with Gasteiger partial charge in [-0.05, 0) is 57.4 Å². The molecule has 2 aliphatic heterocycles. The zero-order valence-electron chi connectivity index (χ0n) is 16.4. The van der Waals surface area contributed by atoms with Gasteiger partial charge >= 0.3 is 12.3 Å². The number of carbonyl (C=O) groups is 1. The van der Waals surface area contributed by atoms with E-state index in [0.717, 1.165) is 44.3 Å². The molecule has 1 amide bonds. The normalized spacial score (nSPS) is 23.5. The third-order valence-electron chi connectivity index (χ3n) is 6.00. The fraction of sp³-hybridized carbons (Fsp3) is 0.650. The fourth-order valence-electron chi connectivity index (χ4n) is 4.36. The highest BCUT2D eigenvalue weighted by Gasteiger charge is 2.33. The Hall–Kier alpha value is -1.96. The van der Waals surface area contributed by atoms with Crippen LogP contribution in [0.2, 0.25) is 0 Å². The molecule has 2 aliphatic rings. The molecule has 5 nitrogen and oxygen atoms in total. The van der Waals surface area contributed by atoms with E-state index in [2.05, 4.69) is 4.90 Å². The SMILES string of the molecule is C[C@H]1CC(N(C)Cc2ccc(C(F)(F)F)cc2N2CCCC2)CCN1C(=O)O. The van der Waals surface area contributed by atoms with E-state index in [0.29, 0.717) is 18.8 Å². The first-order valence-corrected chi connectivity index (χ1v) is 9.81. The molecule has 0 radical (unpaired) electrons. The van der Waals surface area contributed by atoms with Crippen molar-refractivity contribution in [1.82, 2.24) is 9.80 Å². The highest BCUT2D eigenvalue weighted by Crippen LogP contribution is 2.35. The molecule has 0 saturated carbocycles. The third kappa shape index (κ3) is 4.54. The van der Waals surface area contributed by atoms with Crippen LogP contribution in [-0.4, -0.2) is 59.8 Å². The Bertz CT molecular complexity index is 704. The first kappa shape index (κ1) is 20.8. The monoisotopic (exact) mass is 399 g/mol. The lowest BCUT2D eigenvalue weighted by Gasteiger charge is -2.40. The molecule has 28 heavy (non-hydrogen) atoms. The Balaban J connectivity index is 1.76. The number of amides is 1. The molecule has 1 unspecified atom stereocenters. The molecule has 1 aromatic rings. The minimum Gasteiger partial charge on any atom is -0.465 e. The number of halogens is 3. The third-order valence-corrected chi connectivity index (χ3v) is 6.00. The van der Waals surface area contributed by atoms with Crippen LogP contribution in [0.5, 0.6) is 0 Å². The summed E-state index contributed by atoms with van der Waals surface area (Å²) in [5.74, 6) is 0. The molecular weight excluding hydrogens is 371 g/mol. The highest BCUT2D eigenvalue weighted by molar-refractivity contribution is 5.65. The summed E-state index contributed by atoms with van der Waals surface area (Å²) in [6.07, 6.45) is -1.80. The Morgan fingerprint density at radius 1 is 1.25 bits per heavy atom. The van der Waals surface area contributed by atoms with E-state index in [4.69, 9.17) is 0 Å². The molecule has 2 heterocycles. The maximum Gasteiger partial charge on any atom is 0.416 e. The summed E-state index contributed by atoms with van der Waals surface area (Å²) >= 11 is 0. The fourth-order valence-corrected chi connectivity index (χ4v) is 4.36. The van der Waals surface area contributed by atoms with Crippen LogP contribution in [0.25, 0.3) is 0 Å². The van der Waals surface area contributed by atoms with Gasteiger partial charge in [0.2, 0.25) is 0 Å². The maximum atomic E-state index is 13.2. The van der Waals surface area contributed by atoms with Crippen LogP contribution < -0.4 is 4.90 Å². The average molecular weight is 399 g/mol. The maximum absolute atomic E-state index is 13.2. The molecule has 2 atom stereocenters. The summed E-state index contributed by atoms with van der Waals surface area (Å²) in [6.45, 7) is 4.51. The number of anilines is 1. The summed E-state index contributed by atoms with van der Waals surface area (Å²) in [4.78, 5) is 16.9. The Morgan fingerprint density at radius 2 is 1.93 bits per heavy atom. The van der Waals surface area contributed by atoms with Crippen molar-refractivity contribution in [2.45, 2.75) is 57.4 Å². The van der Waals surface area contributed by atoms with Crippen LogP contribution in [0.4, 0.5) is 23.7 Å². The van der Waals surface area contributed by atoms with Crippen LogP contribution in [0.1, 0.15) is 43.7 Å². The van der Waals surface area contributed by atoms with Gasteiger partial charge < -0.3 is 14.9 Å². The van der Waals surface area contributed by atoms with Gasteiger partial charge in [-0.1, -0.05) is 6.07 Å². The number of nitrogens with zero attached hydrogens (tertiary/aromatic N) is 3. The number of carboxylic acid groups (broad SMARTS) is 1. The van der Waals surface area contributed by atoms with Crippen LogP contribution in [0.15, 0.2) is 18.2 Å². The van der Waals surface area contributed by atoms with E-state index in [1.54, 1.807) is 6.07 Å². The molecule has 0 aromatic heterocycles. The van der Waals surface area contributed by atoms with E-state index in [-0.39, 0.29) is 12.1 Å². The smallest absolute Gasteiger partial charge is 0.416 e. The average Bonchev–Trinajstić information content (AvgIpc) is 3.15. The van der Waals surface area contributed by atoms with Gasteiger partial charge in [0, 0.05) is 44.0 Å². The second-order valence-electron chi connectivity index (χ2n) is 7.95. The minimum atomic E-state index is -4.35. The first-order chi connectivity index (χ1) is 13.2. The van der Waals surface area contributed by atoms with E-state index in [9.17, 15) is 23.1 Å². The van der Waals surface area contributed by atoms with Crippen molar-refractivity contribution < 1.29 is 23.1 Å². The van der Waals surface area contributed by atoms with Gasteiger partial charge in [0.15, 0.2) is 0 Å². The molecule has 2 fully saturated rings. The summed E-state index contributed by atoms with van der Waals surface area (Å²) in [5.41, 5.74) is 0.963. The summed E-state index contributed by atoms with van der Waals surface area (Å²) < 4.78 is 39.6. The number of benzene rings is 1. The van der Waals surface area contributed by atoms with Gasteiger partial charge in [0.1, 0.15) is 0 Å². The van der Waals surface area contributed by atoms with Crippen molar-refractivity contribution in [2.24, 2.45) is 0 Å². The lowest BCUT2D eigenvalue weighted by atomic mass is 9.96. The van der Waals surface area contributed by atoms with Gasteiger partial charge in [0.05, 0.1) is 5.56 Å². The Labute approximate surface area is 163 Å². The number of likely N-dealkylation sites (tertiary alicyclic amines) is 1. The molecule has 156 valence electrons. The topological polar surface area (TPSA) is 47.0 Å². The van der Waals surface area contributed by atoms with E-state index >= 15 is 0 Å². The van der Waals surface area contributed by atoms with Crippen LogP contribution in [0.3, 0.4) is 0 Å². The van der Waals surface area contributed by atoms with Crippen LogP contribution in [0, 0.1) is 0 Å². The van der Waals surface area contributed by atoms with Gasteiger partial charge in [0.25, 0.3) is 0 Å². The summed E-state index contributed by atoms with van der Waals surface area (Å²) in [5, 5.41) is 9.23. The van der Waals surface area contributed by atoms with E-state index < -0.39 is 17.8 Å². The summed E-state index contributed by atoms with van der Waals surface area (Å²) in [6, 6.07) is 4.19. The molecular formula is C20H28F3N3O2. The van der Waals surface area contributed by atoms with Gasteiger partial charge in [-0.3, -0.25) is 4.90 Å². The molecule has 3 rings (SSSR count). The number of piperidine rings is 1. The lowest BCUT2D eigenvalue weighted by Crippen LogP contribution is -2.49. The van der Waals surface area contributed by atoms with Crippen molar-refractivity contribution >= 4 is 11.8 Å². The highest BCUT2D eigenvalue weighted by atomic mass is 19.4. The molecule has 0 aliphatic carbocycles. The minimum absolute atomic E-state index is 0.0654. The predicted octanol–water partition coefficient (Wildman–Crippen LogP) is 4.27. The van der Waals surface area contributed by atoms with Crippen molar-refractivity contribution in [3.8, 4) is 0 Å². The zero-order chi connectivity index (χ0) is 20.5. The number of alkyl halides is 3. The van der Waals surface area contributed by atoms with Gasteiger partial charge in [-0.15, -0.1) is 0 Å². The zero-order valence-corrected chi connectivity index (χ0v) is 16.4. The van der Waals surface area contributed by atoms with Crippen molar-refractivity contribution in [3.63, 3.8) is 0 Å². The van der Waals surface area contributed by atoms with Crippen molar-refractivity contribution in [1.29, 1.82) is 0 Å². The standard InChI is InChI=1S/C20H28F3N3O2/c1-14-11-17(7-10-26(14)19(27)28)24(2)13-15-5-6-16(20(21,22)23)12-18(15)25-8-3-4-9-25/h5-6,12,14,17H,3-4,7-11,13H2,1-2H3,(H,27,28)/t14-,17?/m0/s1. The largest absolute Gasteiger partial charge is 0.465 e. The second kappa shape index (κ2) is 8.19. The molecule has 0 bridgehead atoms. The van der Waals surface area contributed by atoms with Gasteiger partial charge in [-0.2, -0.15) is 13.2 Å². The molecule has 2 saturated heterocycles. The van der Waals surface area contributed by atoms with Crippen molar-refractivity contribution in [2.75, 3.05) is 31.6 Å². The second-order valence-corrected chi connectivity index (χ2v) is 7.95. The number of hydrogen-bond donors (Lipinski definition) is 1. The van der Waals surface area contributed by atoms with Crippen LogP contribution >= 0.6 is 0 Å². The van der Waals surface area contributed by atoms with E-state index in [1.165, 1.54) is 17.0 Å². The Morgan fingerprint density at radius 3 is 2.50 bits per heavy atom. The Kier molecular flexibility index (Phi) is 6.07.